The molecule has 0 rings (SSSR count). The summed E-state index contributed by atoms with van der Waals surface area (Å²) in [5, 5.41) is 6.15. The van der Waals surface area contributed by atoms with Gasteiger partial charge in [0, 0.05) is 39.3 Å². The number of hydrogen-bond acceptors (Lipinski definition) is 4. The Kier molecular flexibility index (Phi) is 10.8. The highest BCUT2D eigenvalue weighted by molar-refractivity contribution is 8.11. The second-order valence-electron chi connectivity index (χ2n) is 3.04. The second kappa shape index (κ2) is 10.5. The standard InChI is InChI=1S/C8H18N4S4/c9-1-2-10-3-5-12(8(15)16)6-4-11-7(13)14/h10H,1-6,9H2,(H,15,16)(H2,11,13,14). The van der Waals surface area contributed by atoms with Crippen LogP contribution in [0.5, 0.6) is 0 Å². The third-order valence-corrected chi connectivity index (χ3v) is 2.65. The largest absolute Gasteiger partial charge is 0.369 e. The third-order valence-electron chi connectivity index (χ3n) is 1.81. The molecule has 0 amide bonds. The molecule has 0 radical (unpaired) electrons. The fourth-order valence-electron chi connectivity index (χ4n) is 1.04. The van der Waals surface area contributed by atoms with E-state index in [1.807, 2.05) is 4.90 Å². The van der Waals surface area contributed by atoms with E-state index in [0.29, 0.717) is 21.7 Å². The summed E-state index contributed by atoms with van der Waals surface area (Å²) in [4.78, 5) is 1.99. The lowest BCUT2D eigenvalue weighted by Gasteiger charge is -2.22. The molecule has 0 saturated carbocycles. The SMILES string of the molecule is NCCNCCN(CCNC(=S)S)C(=S)S. The van der Waals surface area contributed by atoms with Gasteiger partial charge in [0.25, 0.3) is 0 Å². The topological polar surface area (TPSA) is 53.3 Å². The van der Waals surface area contributed by atoms with Crippen LogP contribution in [0.4, 0.5) is 0 Å². The van der Waals surface area contributed by atoms with Gasteiger partial charge in [0.1, 0.15) is 8.64 Å². The summed E-state index contributed by atoms with van der Waals surface area (Å²) in [5.74, 6) is 0. The predicted molar refractivity (Wildman–Crippen MR) is 84.7 cm³/mol. The molecule has 0 fully saturated rings. The van der Waals surface area contributed by atoms with E-state index >= 15 is 0 Å². The maximum absolute atomic E-state index is 5.37. The van der Waals surface area contributed by atoms with Crippen LogP contribution in [0.15, 0.2) is 0 Å². The highest BCUT2D eigenvalue weighted by Crippen LogP contribution is 1.95. The summed E-state index contributed by atoms with van der Waals surface area (Å²) < 4.78 is 1.08. The minimum atomic E-state index is 0.492. The fraction of sp³-hybridized carbons (Fsp3) is 0.750. The minimum absolute atomic E-state index is 0.492. The highest BCUT2D eigenvalue weighted by Gasteiger charge is 2.04. The van der Waals surface area contributed by atoms with Crippen LogP contribution in [0, 0.1) is 0 Å². The van der Waals surface area contributed by atoms with Crippen molar-refractivity contribution < 1.29 is 0 Å². The Morgan fingerprint density at radius 3 is 2.25 bits per heavy atom. The van der Waals surface area contributed by atoms with Gasteiger partial charge in [-0.1, -0.05) is 24.4 Å². The van der Waals surface area contributed by atoms with E-state index in [4.69, 9.17) is 30.2 Å². The van der Waals surface area contributed by atoms with Crippen LogP contribution in [0.1, 0.15) is 0 Å². The first-order valence-electron chi connectivity index (χ1n) is 4.93. The molecule has 0 aliphatic carbocycles. The zero-order valence-electron chi connectivity index (χ0n) is 8.98. The van der Waals surface area contributed by atoms with E-state index in [1.54, 1.807) is 0 Å². The molecule has 0 unspecified atom stereocenters. The van der Waals surface area contributed by atoms with Crippen molar-refractivity contribution in [2.24, 2.45) is 5.73 Å². The molecule has 0 bridgehead atoms. The van der Waals surface area contributed by atoms with Crippen molar-refractivity contribution in [2.45, 2.75) is 0 Å². The minimum Gasteiger partial charge on any atom is -0.369 e. The maximum Gasteiger partial charge on any atom is 0.133 e. The Balaban J connectivity index is 3.71. The summed E-state index contributed by atoms with van der Waals surface area (Å²) in [7, 11) is 0. The first-order valence-corrected chi connectivity index (χ1v) is 6.64. The van der Waals surface area contributed by atoms with Crippen molar-refractivity contribution in [3.63, 3.8) is 0 Å². The van der Waals surface area contributed by atoms with E-state index in [2.05, 4.69) is 35.9 Å². The van der Waals surface area contributed by atoms with Crippen molar-refractivity contribution in [1.82, 2.24) is 15.5 Å². The van der Waals surface area contributed by atoms with Gasteiger partial charge in [-0.05, 0) is 0 Å². The molecular weight excluding hydrogens is 280 g/mol. The van der Waals surface area contributed by atoms with Gasteiger partial charge in [0.15, 0.2) is 0 Å². The van der Waals surface area contributed by atoms with E-state index in [-0.39, 0.29) is 0 Å². The Morgan fingerprint density at radius 1 is 1.12 bits per heavy atom. The lowest BCUT2D eigenvalue weighted by molar-refractivity contribution is 0.427. The lowest BCUT2D eigenvalue weighted by atomic mass is 10.5. The number of rotatable bonds is 8. The molecule has 0 aromatic rings. The van der Waals surface area contributed by atoms with Gasteiger partial charge in [-0.3, -0.25) is 0 Å². The smallest absolute Gasteiger partial charge is 0.133 e. The van der Waals surface area contributed by atoms with Crippen LogP contribution in [-0.4, -0.2) is 52.8 Å². The molecule has 0 aromatic heterocycles. The molecule has 16 heavy (non-hydrogen) atoms. The maximum atomic E-state index is 5.37. The highest BCUT2D eigenvalue weighted by atomic mass is 32.1. The average Bonchev–Trinajstić information content (AvgIpc) is 2.20. The molecule has 0 aliphatic heterocycles. The molecule has 0 heterocycles. The van der Waals surface area contributed by atoms with Gasteiger partial charge < -0.3 is 21.3 Å². The molecule has 4 N–H and O–H groups in total. The van der Waals surface area contributed by atoms with Gasteiger partial charge in [-0.15, -0.1) is 25.3 Å². The number of nitrogens with one attached hydrogen (secondary N) is 2. The molecule has 0 atom stereocenters. The van der Waals surface area contributed by atoms with Crippen LogP contribution >= 0.6 is 49.7 Å². The molecule has 0 aliphatic rings. The van der Waals surface area contributed by atoms with Crippen LogP contribution < -0.4 is 16.4 Å². The summed E-state index contributed by atoms with van der Waals surface area (Å²) in [6.07, 6.45) is 0. The molecule has 0 spiro atoms. The Labute approximate surface area is 119 Å². The first-order chi connectivity index (χ1) is 7.57. The number of nitrogens with zero attached hydrogens (tertiary/aromatic N) is 1. The quantitative estimate of drug-likeness (QED) is 0.244. The second-order valence-corrected chi connectivity index (χ2v) is 5.31. The fourth-order valence-corrected chi connectivity index (χ4v) is 1.64. The van der Waals surface area contributed by atoms with E-state index in [0.717, 1.165) is 26.2 Å². The van der Waals surface area contributed by atoms with Crippen molar-refractivity contribution >= 4 is 58.3 Å². The zero-order chi connectivity index (χ0) is 12.4. The van der Waals surface area contributed by atoms with E-state index in [9.17, 15) is 0 Å². The van der Waals surface area contributed by atoms with E-state index < -0.39 is 0 Å². The van der Waals surface area contributed by atoms with E-state index in [1.165, 1.54) is 0 Å². The molecule has 8 heteroatoms. The monoisotopic (exact) mass is 298 g/mol. The number of hydrogen-bond donors (Lipinski definition) is 5. The summed E-state index contributed by atoms with van der Waals surface area (Å²) in [6.45, 7) is 4.56. The Bertz CT molecular complexity index is 224. The van der Waals surface area contributed by atoms with Gasteiger partial charge in [0.2, 0.25) is 0 Å². The number of thiol groups is 2. The zero-order valence-corrected chi connectivity index (χ0v) is 12.4. The number of nitrogens with two attached hydrogens (primary N) is 1. The van der Waals surface area contributed by atoms with Crippen LogP contribution in [0.3, 0.4) is 0 Å². The van der Waals surface area contributed by atoms with Crippen molar-refractivity contribution in [1.29, 1.82) is 0 Å². The Morgan fingerprint density at radius 2 is 1.75 bits per heavy atom. The van der Waals surface area contributed by atoms with Gasteiger partial charge >= 0.3 is 0 Å². The summed E-state index contributed by atoms with van der Waals surface area (Å²) in [6, 6.07) is 0. The molecule has 4 nitrogen and oxygen atoms in total. The van der Waals surface area contributed by atoms with Gasteiger partial charge in [0.05, 0.1) is 0 Å². The summed E-state index contributed by atoms with van der Waals surface area (Å²) >= 11 is 18.0. The summed E-state index contributed by atoms with van der Waals surface area (Å²) in [5.41, 5.74) is 5.37. The number of thiocarbonyl (C=S) groups is 2. The predicted octanol–water partition coefficient (Wildman–Crippen LogP) is -0.144. The van der Waals surface area contributed by atoms with Crippen molar-refractivity contribution in [2.75, 3.05) is 39.3 Å². The van der Waals surface area contributed by atoms with Crippen molar-refractivity contribution in [3.8, 4) is 0 Å². The van der Waals surface area contributed by atoms with Crippen LogP contribution in [-0.2, 0) is 0 Å². The normalized spacial score (nSPS) is 9.94. The molecular formula is C8H18N4S4. The van der Waals surface area contributed by atoms with Crippen LogP contribution in [0.25, 0.3) is 0 Å². The molecule has 0 saturated heterocycles. The molecule has 0 aromatic carbocycles. The van der Waals surface area contributed by atoms with Gasteiger partial charge in [-0.2, -0.15) is 0 Å². The first kappa shape index (κ1) is 16.4. The lowest BCUT2D eigenvalue weighted by Crippen LogP contribution is -2.39. The van der Waals surface area contributed by atoms with Crippen molar-refractivity contribution in [3.05, 3.63) is 0 Å². The molecule has 94 valence electrons. The van der Waals surface area contributed by atoms with Crippen LogP contribution in [0.2, 0.25) is 0 Å². The third kappa shape index (κ3) is 9.61. The van der Waals surface area contributed by atoms with Gasteiger partial charge in [-0.25, -0.2) is 0 Å². The Hall–Kier alpha value is 0.400. The average molecular weight is 299 g/mol.